The van der Waals surface area contributed by atoms with Gasteiger partial charge in [-0.15, -0.1) is 23.2 Å². The van der Waals surface area contributed by atoms with Crippen molar-refractivity contribution in [3.05, 3.63) is 0 Å². The molecule has 2 unspecified atom stereocenters. The number of unbranched alkanes of at least 4 members (excludes halogenated alkanes) is 6. The molecule has 0 rings (SSSR count). The minimum absolute atomic E-state index is 0.460. The highest BCUT2D eigenvalue weighted by atomic mass is 35.5. The normalized spacial score (nSPS) is 14.0. The maximum Gasteiger partial charge on any atom is 0.133 e. The number of rotatable bonds is 16. The van der Waals surface area contributed by atoms with Crippen molar-refractivity contribution in [2.75, 3.05) is 11.8 Å². The first-order valence-electron chi connectivity index (χ1n) is 9.23. The molecule has 0 fully saturated rings. The van der Waals surface area contributed by atoms with Crippen molar-refractivity contribution < 1.29 is 4.79 Å². The predicted octanol–water partition coefficient (Wildman–Crippen LogP) is 6.99. The minimum Gasteiger partial charge on any atom is -0.300 e. The van der Waals surface area contributed by atoms with E-state index in [0.29, 0.717) is 17.6 Å². The van der Waals surface area contributed by atoms with Gasteiger partial charge in [-0.1, -0.05) is 65.2 Å². The summed E-state index contributed by atoms with van der Waals surface area (Å²) in [4.78, 5) is 12.1. The summed E-state index contributed by atoms with van der Waals surface area (Å²) in [7, 11) is 0. The smallest absolute Gasteiger partial charge is 0.133 e. The summed E-state index contributed by atoms with van der Waals surface area (Å²) in [5, 5.41) is 0. The first kappa shape index (κ1) is 22.2. The van der Waals surface area contributed by atoms with Crippen molar-refractivity contribution in [1.82, 2.24) is 0 Å². The van der Waals surface area contributed by atoms with Gasteiger partial charge >= 0.3 is 0 Å². The molecule has 0 aliphatic carbocycles. The number of carbonyl (C=O) groups is 1. The first-order chi connectivity index (χ1) is 10.6. The molecule has 0 saturated carbocycles. The molecule has 3 heteroatoms. The van der Waals surface area contributed by atoms with E-state index in [1.807, 2.05) is 0 Å². The van der Waals surface area contributed by atoms with E-state index in [1.54, 1.807) is 0 Å². The van der Waals surface area contributed by atoms with Gasteiger partial charge in [-0.2, -0.15) is 0 Å². The lowest BCUT2D eigenvalue weighted by Gasteiger charge is -2.13. The van der Waals surface area contributed by atoms with Gasteiger partial charge in [0.05, 0.1) is 0 Å². The summed E-state index contributed by atoms with van der Waals surface area (Å²) >= 11 is 11.3. The summed E-state index contributed by atoms with van der Waals surface area (Å²) in [6.07, 6.45) is 13.6. The molecule has 0 aliphatic heterocycles. The lowest BCUT2D eigenvalue weighted by molar-refractivity contribution is -0.120. The maximum atomic E-state index is 12.1. The lowest BCUT2D eigenvalue weighted by Crippen LogP contribution is -2.10. The molecule has 132 valence electrons. The van der Waals surface area contributed by atoms with Gasteiger partial charge in [-0.3, -0.25) is 4.79 Å². The van der Waals surface area contributed by atoms with Gasteiger partial charge in [0.25, 0.3) is 0 Å². The Morgan fingerprint density at radius 3 is 1.41 bits per heavy atom. The molecule has 0 bridgehead atoms. The van der Waals surface area contributed by atoms with Crippen LogP contribution in [-0.2, 0) is 4.79 Å². The van der Waals surface area contributed by atoms with E-state index in [-0.39, 0.29) is 0 Å². The van der Waals surface area contributed by atoms with Crippen LogP contribution in [0.5, 0.6) is 0 Å². The Hall–Kier alpha value is 0.250. The van der Waals surface area contributed by atoms with Gasteiger partial charge < -0.3 is 0 Å². The van der Waals surface area contributed by atoms with E-state index in [2.05, 4.69) is 13.8 Å². The summed E-state index contributed by atoms with van der Waals surface area (Å²) in [6, 6.07) is 0. The summed E-state index contributed by atoms with van der Waals surface area (Å²) in [5.74, 6) is 3.09. The lowest BCUT2D eigenvalue weighted by atomic mass is 9.91. The number of hydrogen-bond donors (Lipinski definition) is 0. The molecular formula is C19H36Cl2O. The fourth-order valence-corrected chi connectivity index (χ4v) is 3.32. The van der Waals surface area contributed by atoms with Crippen LogP contribution in [0.15, 0.2) is 0 Å². The molecule has 0 radical (unpaired) electrons. The van der Waals surface area contributed by atoms with Gasteiger partial charge in [0.2, 0.25) is 0 Å². The zero-order chi connectivity index (χ0) is 16.6. The van der Waals surface area contributed by atoms with E-state index in [4.69, 9.17) is 23.2 Å². The van der Waals surface area contributed by atoms with Gasteiger partial charge in [-0.05, 0) is 24.7 Å². The molecule has 0 heterocycles. The van der Waals surface area contributed by atoms with Crippen LogP contribution in [0.25, 0.3) is 0 Å². The van der Waals surface area contributed by atoms with E-state index in [0.717, 1.165) is 37.4 Å². The van der Waals surface area contributed by atoms with Gasteiger partial charge in [0.1, 0.15) is 5.78 Å². The fraction of sp³-hybridized carbons (Fsp3) is 0.947. The Morgan fingerprint density at radius 1 is 0.682 bits per heavy atom. The first-order valence-corrected chi connectivity index (χ1v) is 10.3. The molecule has 2 atom stereocenters. The average molecular weight is 351 g/mol. The standard InChI is InChI=1S/C19H36Cl2O/c1-17(11-7-3-5-9-13-20)15-19(22)16-18(2)12-8-4-6-10-14-21/h17-18H,3-16H2,1-2H3. The monoisotopic (exact) mass is 350 g/mol. The average Bonchev–Trinajstić information content (AvgIpc) is 2.46. The van der Waals surface area contributed by atoms with E-state index in [1.165, 1.54) is 51.4 Å². The number of carbonyl (C=O) groups excluding carboxylic acids is 1. The Bertz CT molecular complexity index is 232. The molecule has 0 N–H and O–H groups in total. The van der Waals surface area contributed by atoms with Crippen LogP contribution < -0.4 is 0 Å². The zero-order valence-corrected chi connectivity index (χ0v) is 16.2. The molecule has 0 amide bonds. The summed E-state index contributed by atoms with van der Waals surface area (Å²) in [5.41, 5.74) is 0. The highest BCUT2D eigenvalue weighted by Gasteiger charge is 2.12. The van der Waals surface area contributed by atoms with Crippen LogP contribution in [0.4, 0.5) is 0 Å². The largest absolute Gasteiger partial charge is 0.300 e. The predicted molar refractivity (Wildman–Crippen MR) is 100 cm³/mol. The number of Topliss-reactive ketones (excluding diaryl/α,β-unsaturated/α-hetero) is 1. The number of alkyl halides is 2. The molecule has 22 heavy (non-hydrogen) atoms. The van der Waals surface area contributed by atoms with Crippen molar-refractivity contribution >= 4 is 29.0 Å². The second-order valence-corrected chi connectivity index (χ2v) is 7.70. The van der Waals surface area contributed by atoms with Crippen LogP contribution in [0.3, 0.4) is 0 Å². The molecule has 0 aromatic carbocycles. The van der Waals surface area contributed by atoms with Crippen LogP contribution in [0, 0.1) is 11.8 Å². The summed E-state index contributed by atoms with van der Waals surface area (Å²) in [6.45, 7) is 4.44. The van der Waals surface area contributed by atoms with E-state index in [9.17, 15) is 4.79 Å². The number of hydrogen-bond acceptors (Lipinski definition) is 1. The van der Waals surface area contributed by atoms with Gasteiger partial charge in [0, 0.05) is 24.6 Å². The van der Waals surface area contributed by atoms with E-state index < -0.39 is 0 Å². The van der Waals surface area contributed by atoms with Crippen LogP contribution >= 0.6 is 23.2 Å². The Labute approximate surface area is 148 Å². The van der Waals surface area contributed by atoms with E-state index >= 15 is 0 Å². The highest BCUT2D eigenvalue weighted by molar-refractivity contribution is 6.18. The summed E-state index contributed by atoms with van der Waals surface area (Å²) < 4.78 is 0. The molecular weight excluding hydrogens is 315 g/mol. The number of halogens is 2. The quantitative estimate of drug-likeness (QED) is 0.216. The molecule has 0 spiro atoms. The second-order valence-electron chi connectivity index (χ2n) is 6.94. The fourth-order valence-electron chi connectivity index (χ4n) is 2.95. The van der Waals surface area contributed by atoms with Crippen LogP contribution in [0.2, 0.25) is 0 Å². The molecule has 0 saturated heterocycles. The highest BCUT2D eigenvalue weighted by Crippen LogP contribution is 2.19. The number of ketones is 1. The van der Waals surface area contributed by atoms with Crippen molar-refractivity contribution in [1.29, 1.82) is 0 Å². The van der Waals surface area contributed by atoms with Crippen LogP contribution in [0.1, 0.15) is 90.9 Å². The SMILES string of the molecule is CC(CCCCCCCl)CC(=O)CC(C)CCCCCCCl. The Morgan fingerprint density at radius 2 is 1.05 bits per heavy atom. The Kier molecular flexibility index (Phi) is 16.3. The maximum absolute atomic E-state index is 12.1. The van der Waals surface area contributed by atoms with Gasteiger partial charge in [0.15, 0.2) is 0 Å². The van der Waals surface area contributed by atoms with Crippen molar-refractivity contribution in [2.45, 2.75) is 90.9 Å². The van der Waals surface area contributed by atoms with Crippen molar-refractivity contribution in [3.8, 4) is 0 Å². The molecule has 0 aliphatic rings. The Balaban J connectivity index is 3.56. The van der Waals surface area contributed by atoms with Crippen LogP contribution in [-0.4, -0.2) is 17.5 Å². The second kappa shape index (κ2) is 16.1. The topological polar surface area (TPSA) is 17.1 Å². The molecule has 1 nitrogen and oxygen atoms in total. The third-order valence-corrected chi connectivity index (χ3v) is 4.85. The van der Waals surface area contributed by atoms with Crippen molar-refractivity contribution in [3.63, 3.8) is 0 Å². The third-order valence-electron chi connectivity index (χ3n) is 4.31. The third kappa shape index (κ3) is 15.2. The minimum atomic E-state index is 0.460. The van der Waals surface area contributed by atoms with Crippen molar-refractivity contribution in [2.24, 2.45) is 11.8 Å². The molecule has 0 aromatic heterocycles. The van der Waals surface area contributed by atoms with Gasteiger partial charge in [-0.25, -0.2) is 0 Å². The zero-order valence-electron chi connectivity index (χ0n) is 14.7. The molecule has 0 aromatic rings.